The quantitative estimate of drug-likeness (QED) is 0.820. The standard InChI is InChI=1S/C19H21BrN2O2/c1-14(23)21-18(15-8-4-3-5-9-15)12-19(24)22(2)13-16-10-6-7-11-17(16)20/h3-11,18H,12-13H2,1-2H3,(H,21,23). The van der Waals surface area contributed by atoms with E-state index in [4.69, 9.17) is 0 Å². The molecule has 0 saturated heterocycles. The molecule has 0 heterocycles. The lowest BCUT2D eigenvalue weighted by atomic mass is 10.0. The molecule has 0 aliphatic carbocycles. The molecule has 0 saturated carbocycles. The van der Waals surface area contributed by atoms with Crippen LogP contribution < -0.4 is 5.32 Å². The molecule has 1 unspecified atom stereocenters. The third-order valence-corrected chi connectivity index (χ3v) is 4.52. The Hall–Kier alpha value is -2.14. The second kappa shape index (κ2) is 8.64. The lowest BCUT2D eigenvalue weighted by molar-refractivity contribution is -0.131. The summed E-state index contributed by atoms with van der Waals surface area (Å²) in [5, 5.41) is 2.86. The number of hydrogen-bond acceptors (Lipinski definition) is 2. The van der Waals surface area contributed by atoms with Crippen LogP contribution in [0.5, 0.6) is 0 Å². The van der Waals surface area contributed by atoms with Crippen LogP contribution in [0.25, 0.3) is 0 Å². The Kier molecular flexibility index (Phi) is 6.55. The molecule has 2 aromatic rings. The van der Waals surface area contributed by atoms with Gasteiger partial charge in [0.1, 0.15) is 0 Å². The fourth-order valence-corrected chi connectivity index (χ4v) is 2.89. The van der Waals surface area contributed by atoms with Gasteiger partial charge in [-0.25, -0.2) is 0 Å². The summed E-state index contributed by atoms with van der Waals surface area (Å²) in [7, 11) is 1.78. The first-order valence-electron chi connectivity index (χ1n) is 7.77. The minimum Gasteiger partial charge on any atom is -0.349 e. The van der Waals surface area contributed by atoms with Crippen molar-refractivity contribution in [3.63, 3.8) is 0 Å². The highest BCUT2D eigenvalue weighted by atomic mass is 79.9. The molecule has 4 nitrogen and oxygen atoms in total. The highest BCUT2D eigenvalue weighted by Crippen LogP contribution is 2.20. The zero-order chi connectivity index (χ0) is 17.5. The third kappa shape index (κ3) is 5.20. The number of amides is 2. The maximum Gasteiger partial charge on any atom is 0.225 e. The number of benzene rings is 2. The highest BCUT2D eigenvalue weighted by molar-refractivity contribution is 9.10. The minimum absolute atomic E-state index is 0.0200. The van der Waals surface area contributed by atoms with Gasteiger partial charge >= 0.3 is 0 Å². The van der Waals surface area contributed by atoms with Gasteiger partial charge in [0.25, 0.3) is 0 Å². The first-order chi connectivity index (χ1) is 11.5. The predicted octanol–water partition coefficient (Wildman–Crippen LogP) is 3.68. The summed E-state index contributed by atoms with van der Waals surface area (Å²) in [5.74, 6) is -0.168. The molecule has 0 aromatic heterocycles. The third-order valence-electron chi connectivity index (χ3n) is 3.75. The van der Waals surface area contributed by atoms with Crippen LogP contribution in [0.4, 0.5) is 0 Å². The van der Waals surface area contributed by atoms with E-state index in [0.717, 1.165) is 15.6 Å². The molecular formula is C19H21BrN2O2. The summed E-state index contributed by atoms with van der Waals surface area (Å²) in [5.41, 5.74) is 1.97. The lowest BCUT2D eigenvalue weighted by Crippen LogP contribution is -2.33. The topological polar surface area (TPSA) is 49.4 Å². The first kappa shape index (κ1) is 18.2. The molecule has 0 fully saturated rings. The van der Waals surface area contributed by atoms with E-state index >= 15 is 0 Å². The van der Waals surface area contributed by atoms with Crippen molar-refractivity contribution >= 4 is 27.7 Å². The molecule has 2 amide bonds. The van der Waals surface area contributed by atoms with Crippen molar-refractivity contribution in [1.82, 2.24) is 10.2 Å². The minimum atomic E-state index is -0.321. The lowest BCUT2D eigenvalue weighted by Gasteiger charge is -2.23. The molecule has 2 aromatic carbocycles. The van der Waals surface area contributed by atoms with Crippen molar-refractivity contribution in [3.8, 4) is 0 Å². The van der Waals surface area contributed by atoms with Gasteiger partial charge in [0, 0.05) is 25.0 Å². The first-order valence-corrected chi connectivity index (χ1v) is 8.56. The summed E-state index contributed by atoms with van der Waals surface area (Å²) in [6.45, 7) is 1.98. The Bertz CT molecular complexity index is 704. The predicted molar refractivity (Wildman–Crippen MR) is 98.2 cm³/mol. The van der Waals surface area contributed by atoms with Crippen LogP contribution >= 0.6 is 15.9 Å². The Labute approximate surface area is 151 Å². The molecule has 1 atom stereocenters. The van der Waals surface area contributed by atoms with Gasteiger partial charge in [-0.15, -0.1) is 0 Å². The number of nitrogens with zero attached hydrogens (tertiary/aromatic N) is 1. The normalized spacial score (nSPS) is 11.6. The SMILES string of the molecule is CC(=O)NC(CC(=O)N(C)Cc1ccccc1Br)c1ccccc1. The van der Waals surface area contributed by atoms with Crippen molar-refractivity contribution in [2.24, 2.45) is 0 Å². The Morgan fingerprint density at radius 2 is 1.71 bits per heavy atom. The van der Waals surface area contributed by atoms with Crippen LogP contribution in [-0.4, -0.2) is 23.8 Å². The van der Waals surface area contributed by atoms with E-state index in [2.05, 4.69) is 21.2 Å². The van der Waals surface area contributed by atoms with E-state index < -0.39 is 0 Å². The van der Waals surface area contributed by atoms with Gasteiger partial charge in [-0.2, -0.15) is 0 Å². The molecule has 24 heavy (non-hydrogen) atoms. The Morgan fingerprint density at radius 1 is 1.08 bits per heavy atom. The van der Waals surface area contributed by atoms with Crippen LogP contribution in [0.1, 0.15) is 30.5 Å². The van der Waals surface area contributed by atoms with E-state index in [0.29, 0.717) is 6.54 Å². The summed E-state index contributed by atoms with van der Waals surface area (Å²) in [6, 6.07) is 17.1. The summed E-state index contributed by atoms with van der Waals surface area (Å²) < 4.78 is 0.978. The zero-order valence-electron chi connectivity index (χ0n) is 13.8. The molecule has 0 radical (unpaired) electrons. The molecule has 126 valence electrons. The Morgan fingerprint density at radius 3 is 2.33 bits per heavy atom. The van der Waals surface area contributed by atoms with Gasteiger partial charge in [-0.1, -0.05) is 64.5 Å². The molecule has 1 N–H and O–H groups in total. The molecule has 0 aliphatic heterocycles. The average Bonchev–Trinajstić information content (AvgIpc) is 2.56. The van der Waals surface area contributed by atoms with Crippen molar-refractivity contribution in [1.29, 1.82) is 0 Å². The number of nitrogens with one attached hydrogen (secondary N) is 1. The van der Waals surface area contributed by atoms with Crippen LogP contribution in [0.2, 0.25) is 0 Å². The second-order valence-electron chi connectivity index (χ2n) is 5.71. The smallest absolute Gasteiger partial charge is 0.225 e. The Balaban J connectivity index is 2.06. The van der Waals surface area contributed by atoms with Crippen molar-refractivity contribution in [3.05, 3.63) is 70.2 Å². The molecular weight excluding hydrogens is 368 g/mol. The van der Waals surface area contributed by atoms with Crippen LogP contribution in [-0.2, 0) is 16.1 Å². The summed E-state index contributed by atoms with van der Waals surface area (Å²) in [4.78, 5) is 25.7. The fourth-order valence-electron chi connectivity index (χ4n) is 2.48. The number of halogens is 1. The second-order valence-corrected chi connectivity index (χ2v) is 6.56. The van der Waals surface area contributed by atoms with E-state index in [-0.39, 0.29) is 24.3 Å². The van der Waals surface area contributed by atoms with E-state index in [1.54, 1.807) is 11.9 Å². The van der Waals surface area contributed by atoms with Crippen LogP contribution in [0, 0.1) is 0 Å². The monoisotopic (exact) mass is 388 g/mol. The van der Waals surface area contributed by atoms with Crippen molar-refractivity contribution < 1.29 is 9.59 Å². The molecule has 5 heteroatoms. The average molecular weight is 389 g/mol. The van der Waals surface area contributed by atoms with Gasteiger partial charge in [0.05, 0.1) is 12.5 Å². The fraction of sp³-hybridized carbons (Fsp3) is 0.263. The number of carbonyl (C=O) groups excluding carboxylic acids is 2. The van der Waals surface area contributed by atoms with Gasteiger partial charge in [0.15, 0.2) is 0 Å². The summed E-state index contributed by atoms with van der Waals surface area (Å²) in [6.07, 6.45) is 0.227. The highest BCUT2D eigenvalue weighted by Gasteiger charge is 2.19. The van der Waals surface area contributed by atoms with E-state index in [9.17, 15) is 9.59 Å². The molecule has 0 aliphatic rings. The van der Waals surface area contributed by atoms with E-state index in [1.807, 2.05) is 54.6 Å². The summed E-state index contributed by atoms with van der Waals surface area (Å²) >= 11 is 3.50. The molecule has 0 spiro atoms. The largest absolute Gasteiger partial charge is 0.349 e. The maximum atomic E-state index is 12.6. The van der Waals surface area contributed by atoms with E-state index in [1.165, 1.54) is 6.92 Å². The number of hydrogen-bond donors (Lipinski definition) is 1. The van der Waals surface area contributed by atoms with Gasteiger partial charge in [-0.05, 0) is 17.2 Å². The van der Waals surface area contributed by atoms with Gasteiger partial charge < -0.3 is 10.2 Å². The van der Waals surface area contributed by atoms with Gasteiger partial charge in [-0.3, -0.25) is 9.59 Å². The number of rotatable bonds is 6. The molecule has 0 bridgehead atoms. The van der Waals surface area contributed by atoms with Crippen LogP contribution in [0.15, 0.2) is 59.1 Å². The molecule has 2 rings (SSSR count). The van der Waals surface area contributed by atoms with Gasteiger partial charge in [0.2, 0.25) is 11.8 Å². The van der Waals surface area contributed by atoms with Crippen molar-refractivity contribution in [2.75, 3.05) is 7.05 Å². The van der Waals surface area contributed by atoms with Crippen LogP contribution in [0.3, 0.4) is 0 Å². The van der Waals surface area contributed by atoms with Crippen molar-refractivity contribution in [2.45, 2.75) is 25.9 Å². The zero-order valence-corrected chi connectivity index (χ0v) is 15.4. The number of carbonyl (C=O) groups is 2. The maximum absolute atomic E-state index is 12.6.